The summed E-state index contributed by atoms with van der Waals surface area (Å²) in [4.78, 5) is 11.2. The van der Waals surface area contributed by atoms with Crippen LogP contribution in [0.3, 0.4) is 0 Å². The number of hydrogen-bond acceptors (Lipinski definition) is 3. The average molecular weight is 344 g/mol. The van der Waals surface area contributed by atoms with Crippen LogP contribution in [0.4, 0.5) is 5.69 Å². The van der Waals surface area contributed by atoms with E-state index in [0.717, 1.165) is 4.31 Å². The molecule has 0 unspecified atom stereocenters. The summed E-state index contributed by atoms with van der Waals surface area (Å²) in [5.41, 5.74) is 0.362. The Balaban J connectivity index is 2.49. The quantitative estimate of drug-likeness (QED) is 0.782. The number of anilines is 1. The number of hydrogen-bond donors (Lipinski definition) is 0. The molecule has 0 saturated carbocycles. The van der Waals surface area contributed by atoms with Crippen LogP contribution >= 0.6 is 23.2 Å². The minimum Gasteiger partial charge on any atom is -0.279 e. The highest BCUT2D eigenvalue weighted by molar-refractivity contribution is 7.92. The summed E-state index contributed by atoms with van der Waals surface area (Å²) < 4.78 is 26.3. The molecule has 110 valence electrons. The molecular weight excluding hydrogens is 333 g/mol. The molecule has 0 amide bonds. The minimum absolute atomic E-state index is 0.0358. The van der Waals surface area contributed by atoms with Gasteiger partial charge in [0.2, 0.25) is 5.24 Å². The van der Waals surface area contributed by atoms with Crippen molar-refractivity contribution in [3.63, 3.8) is 0 Å². The topological polar surface area (TPSA) is 54.5 Å². The van der Waals surface area contributed by atoms with Crippen LogP contribution in [0.25, 0.3) is 0 Å². The molecular formula is C14H11Cl2NO3S. The number of benzene rings is 2. The Morgan fingerprint density at radius 1 is 1.00 bits per heavy atom. The van der Waals surface area contributed by atoms with E-state index in [-0.39, 0.29) is 4.90 Å². The maximum Gasteiger partial charge on any atom is 0.264 e. The van der Waals surface area contributed by atoms with Crippen molar-refractivity contribution in [1.82, 2.24) is 0 Å². The van der Waals surface area contributed by atoms with Gasteiger partial charge in [0.15, 0.2) is 0 Å². The van der Waals surface area contributed by atoms with Gasteiger partial charge in [-0.25, -0.2) is 8.42 Å². The largest absolute Gasteiger partial charge is 0.279 e. The van der Waals surface area contributed by atoms with Gasteiger partial charge in [0.05, 0.1) is 10.6 Å². The van der Waals surface area contributed by atoms with Crippen LogP contribution < -0.4 is 4.31 Å². The first-order valence-corrected chi connectivity index (χ1v) is 8.12. The molecule has 0 aliphatic carbocycles. The molecule has 0 aliphatic rings. The van der Waals surface area contributed by atoms with Crippen LogP contribution in [0.1, 0.15) is 0 Å². The fraction of sp³-hybridized carbons (Fsp3) is 0.0714. The zero-order chi connectivity index (χ0) is 15.5. The number of halogens is 2. The molecule has 4 nitrogen and oxygen atoms in total. The Kier molecular flexibility index (Phi) is 4.88. The van der Waals surface area contributed by atoms with E-state index >= 15 is 0 Å². The van der Waals surface area contributed by atoms with Crippen molar-refractivity contribution in [2.75, 3.05) is 10.8 Å². The van der Waals surface area contributed by atoms with E-state index in [1.165, 1.54) is 24.3 Å². The van der Waals surface area contributed by atoms with Crippen LogP contribution in [-0.2, 0) is 14.8 Å². The molecule has 2 rings (SSSR count). The SMILES string of the molecule is O=C(Cl)CN(c1ccccc1)S(=O)(=O)c1ccc(Cl)cc1. The second-order valence-corrected chi connectivity index (χ2v) is 6.88. The molecule has 0 aliphatic heterocycles. The molecule has 0 fully saturated rings. The van der Waals surface area contributed by atoms with Crippen LogP contribution in [0, 0.1) is 0 Å². The van der Waals surface area contributed by atoms with Crippen LogP contribution in [0.15, 0.2) is 59.5 Å². The van der Waals surface area contributed by atoms with Gasteiger partial charge in [0.1, 0.15) is 6.54 Å². The lowest BCUT2D eigenvalue weighted by molar-refractivity contribution is -0.110. The van der Waals surface area contributed by atoms with E-state index in [2.05, 4.69) is 0 Å². The summed E-state index contributed by atoms with van der Waals surface area (Å²) >= 11 is 11.1. The van der Waals surface area contributed by atoms with Gasteiger partial charge in [-0.15, -0.1) is 0 Å². The second kappa shape index (κ2) is 6.47. The lowest BCUT2D eigenvalue weighted by atomic mass is 10.3. The maximum absolute atomic E-state index is 12.7. The van der Waals surface area contributed by atoms with Gasteiger partial charge in [0, 0.05) is 5.02 Å². The van der Waals surface area contributed by atoms with Crippen molar-refractivity contribution < 1.29 is 13.2 Å². The fourth-order valence-corrected chi connectivity index (χ4v) is 3.49. The number of carbonyl (C=O) groups excluding carboxylic acids is 1. The summed E-state index contributed by atoms with van der Waals surface area (Å²) in [6.07, 6.45) is 0. The van der Waals surface area contributed by atoms with Gasteiger partial charge in [-0.1, -0.05) is 29.8 Å². The normalized spacial score (nSPS) is 11.1. The van der Waals surface area contributed by atoms with Gasteiger partial charge in [0.25, 0.3) is 10.0 Å². The maximum atomic E-state index is 12.7. The third-order valence-corrected chi connectivity index (χ3v) is 4.87. The molecule has 7 heteroatoms. The highest BCUT2D eigenvalue weighted by atomic mass is 35.5. The zero-order valence-electron chi connectivity index (χ0n) is 10.7. The number of nitrogens with zero attached hydrogens (tertiary/aromatic N) is 1. The Bertz CT molecular complexity index is 731. The van der Waals surface area contributed by atoms with Gasteiger partial charge >= 0.3 is 0 Å². The third-order valence-electron chi connectivity index (χ3n) is 2.71. The van der Waals surface area contributed by atoms with Gasteiger partial charge < -0.3 is 0 Å². The molecule has 0 N–H and O–H groups in total. The minimum atomic E-state index is -3.90. The molecule has 0 atom stereocenters. The summed E-state index contributed by atoms with van der Waals surface area (Å²) in [5.74, 6) is 0. The van der Waals surface area contributed by atoms with Crippen molar-refractivity contribution >= 4 is 44.2 Å². The zero-order valence-corrected chi connectivity index (χ0v) is 13.1. The van der Waals surface area contributed by atoms with Crippen molar-refractivity contribution in [3.05, 3.63) is 59.6 Å². The van der Waals surface area contributed by atoms with E-state index in [1.54, 1.807) is 30.3 Å². The smallest absolute Gasteiger partial charge is 0.264 e. The van der Waals surface area contributed by atoms with Crippen molar-refractivity contribution in [2.24, 2.45) is 0 Å². The van der Waals surface area contributed by atoms with Crippen molar-refractivity contribution in [2.45, 2.75) is 4.90 Å². The summed E-state index contributed by atoms with van der Waals surface area (Å²) in [7, 11) is -3.90. The van der Waals surface area contributed by atoms with Crippen LogP contribution in [-0.4, -0.2) is 20.2 Å². The highest BCUT2D eigenvalue weighted by Gasteiger charge is 2.26. The Labute approximate surface area is 133 Å². The molecule has 2 aromatic carbocycles. The molecule has 0 radical (unpaired) electrons. The molecule has 2 aromatic rings. The van der Waals surface area contributed by atoms with Crippen LogP contribution in [0.2, 0.25) is 5.02 Å². The number of sulfonamides is 1. The van der Waals surface area contributed by atoms with E-state index < -0.39 is 21.8 Å². The molecule has 0 spiro atoms. The third kappa shape index (κ3) is 3.75. The van der Waals surface area contributed by atoms with Crippen LogP contribution in [0.5, 0.6) is 0 Å². The molecule has 0 saturated heterocycles. The monoisotopic (exact) mass is 343 g/mol. The highest BCUT2D eigenvalue weighted by Crippen LogP contribution is 2.24. The number of para-hydroxylation sites is 1. The predicted molar refractivity (Wildman–Crippen MR) is 83.3 cm³/mol. The Hall–Kier alpha value is -1.56. The summed E-state index contributed by atoms with van der Waals surface area (Å²) in [5, 5.41) is -0.343. The van der Waals surface area contributed by atoms with E-state index in [9.17, 15) is 13.2 Å². The lowest BCUT2D eigenvalue weighted by Gasteiger charge is -2.22. The predicted octanol–water partition coefficient (Wildman–Crippen LogP) is 3.30. The van der Waals surface area contributed by atoms with Gasteiger partial charge in [-0.05, 0) is 48.0 Å². The number of rotatable bonds is 5. The first-order valence-electron chi connectivity index (χ1n) is 5.93. The summed E-state index contributed by atoms with van der Waals surface area (Å²) in [6.45, 7) is -0.448. The number of carbonyl (C=O) groups is 1. The average Bonchev–Trinajstić information content (AvgIpc) is 2.46. The van der Waals surface area contributed by atoms with E-state index in [0.29, 0.717) is 10.7 Å². The standard InChI is InChI=1S/C14H11Cl2NO3S/c15-11-6-8-13(9-7-11)21(19,20)17(10-14(16)18)12-4-2-1-3-5-12/h1-9H,10H2. The molecule has 0 aromatic heterocycles. The van der Waals surface area contributed by atoms with Crippen molar-refractivity contribution in [3.8, 4) is 0 Å². The lowest BCUT2D eigenvalue weighted by Crippen LogP contribution is -2.34. The van der Waals surface area contributed by atoms with Crippen molar-refractivity contribution in [1.29, 1.82) is 0 Å². The van der Waals surface area contributed by atoms with E-state index in [4.69, 9.17) is 23.2 Å². The Morgan fingerprint density at radius 2 is 1.57 bits per heavy atom. The molecule has 0 bridgehead atoms. The van der Waals surface area contributed by atoms with E-state index in [1.807, 2.05) is 0 Å². The first kappa shape index (κ1) is 15.8. The second-order valence-electron chi connectivity index (χ2n) is 4.16. The summed E-state index contributed by atoms with van der Waals surface area (Å²) in [6, 6.07) is 14.0. The van der Waals surface area contributed by atoms with Gasteiger partial charge in [-0.2, -0.15) is 0 Å². The molecule has 21 heavy (non-hydrogen) atoms. The van der Waals surface area contributed by atoms with Gasteiger partial charge in [-0.3, -0.25) is 9.10 Å². The molecule has 0 heterocycles. The Morgan fingerprint density at radius 3 is 2.10 bits per heavy atom. The fourth-order valence-electron chi connectivity index (χ4n) is 1.76. The first-order chi connectivity index (χ1) is 9.91.